The van der Waals surface area contributed by atoms with Crippen molar-refractivity contribution in [2.75, 3.05) is 0 Å². The fourth-order valence-electron chi connectivity index (χ4n) is 1.25. The monoisotopic (exact) mass is 191 g/mol. The highest BCUT2D eigenvalue weighted by atomic mass is 16.4. The molecule has 0 aliphatic carbocycles. The number of hydrogen-bond donors (Lipinski definition) is 1. The van der Waals surface area contributed by atoms with Crippen LogP contribution in [0.15, 0.2) is 29.3 Å². The van der Waals surface area contributed by atoms with Gasteiger partial charge in [-0.25, -0.2) is 0 Å². The van der Waals surface area contributed by atoms with Crippen LogP contribution in [0.4, 0.5) is 5.69 Å². The molecule has 3 nitrogen and oxygen atoms in total. The van der Waals surface area contributed by atoms with E-state index < -0.39 is 11.9 Å². The molecule has 3 heteroatoms. The Labute approximate surface area is 83.1 Å². The highest BCUT2D eigenvalue weighted by Crippen LogP contribution is 2.21. The number of carboxylic acid groups (broad SMARTS) is 1. The van der Waals surface area contributed by atoms with Crippen molar-refractivity contribution in [3.05, 3.63) is 29.8 Å². The van der Waals surface area contributed by atoms with Crippen LogP contribution in [-0.4, -0.2) is 17.8 Å². The van der Waals surface area contributed by atoms with Crippen LogP contribution < -0.4 is 0 Å². The first-order valence-electron chi connectivity index (χ1n) is 4.42. The highest BCUT2D eigenvalue weighted by Gasteiger charge is 2.12. The van der Waals surface area contributed by atoms with Gasteiger partial charge in [0, 0.05) is 0 Å². The van der Waals surface area contributed by atoms with E-state index in [1.54, 1.807) is 6.92 Å². The fraction of sp³-hybridized carbons (Fsp3) is 0.273. The molecule has 14 heavy (non-hydrogen) atoms. The molecule has 0 fully saturated rings. The summed E-state index contributed by atoms with van der Waals surface area (Å²) in [6, 6.07) is 7.44. The Hall–Kier alpha value is -1.64. The van der Waals surface area contributed by atoms with Crippen LogP contribution in [0.1, 0.15) is 12.5 Å². The van der Waals surface area contributed by atoms with Crippen molar-refractivity contribution in [2.45, 2.75) is 13.3 Å². The molecule has 0 amide bonds. The summed E-state index contributed by atoms with van der Waals surface area (Å²) in [5.74, 6) is -1.18. The van der Waals surface area contributed by atoms with Crippen LogP contribution in [0, 0.1) is 5.92 Å². The van der Waals surface area contributed by atoms with E-state index in [2.05, 4.69) is 11.7 Å². The predicted molar refractivity (Wildman–Crippen MR) is 56.2 cm³/mol. The van der Waals surface area contributed by atoms with Crippen molar-refractivity contribution in [1.82, 2.24) is 0 Å². The Morgan fingerprint density at radius 2 is 2.21 bits per heavy atom. The summed E-state index contributed by atoms with van der Waals surface area (Å²) in [6.45, 7) is 5.13. The summed E-state index contributed by atoms with van der Waals surface area (Å²) in [7, 11) is 0. The Kier molecular flexibility index (Phi) is 3.40. The SMILES string of the molecule is C=Nc1ccccc1CC(C)C(=O)O. The minimum Gasteiger partial charge on any atom is -0.481 e. The molecule has 0 aliphatic rings. The van der Waals surface area contributed by atoms with Crippen LogP contribution in [0.5, 0.6) is 0 Å². The Morgan fingerprint density at radius 1 is 1.57 bits per heavy atom. The van der Waals surface area contributed by atoms with Gasteiger partial charge < -0.3 is 5.11 Å². The Morgan fingerprint density at radius 3 is 2.79 bits per heavy atom. The van der Waals surface area contributed by atoms with Gasteiger partial charge in [-0.05, 0) is 24.8 Å². The lowest BCUT2D eigenvalue weighted by atomic mass is 10.00. The number of hydrogen-bond acceptors (Lipinski definition) is 2. The van der Waals surface area contributed by atoms with Gasteiger partial charge in [0.05, 0.1) is 11.6 Å². The van der Waals surface area contributed by atoms with Crippen LogP contribution in [-0.2, 0) is 11.2 Å². The second-order valence-electron chi connectivity index (χ2n) is 3.23. The largest absolute Gasteiger partial charge is 0.481 e. The number of para-hydroxylation sites is 1. The van der Waals surface area contributed by atoms with E-state index in [1.807, 2.05) is 24.3 Å². The number of nitrogens with zero attached hydrogens (tertiary/aromatic N) is 1. The zero-order chi connectivity index (χ0) is 10.6. The number of carboxylic acids is 1. The second-order valence-corrected chi connectivity index (χ2v) is 3.23. The van der Waals surface area contributed by atoms with Gasteiger partial charge >= 0.3 is 5.97 Å². The van der Waals surface area contributed by atoms with Crippen molar-refractivity contribution in [1.29, 1.82) is 0 Å². The molecule has 0 heterocycles. The smallest absolute Gasteiger partial charge is 0.306 e. The van der Waals surface area contributed by atoms with E-state index in [9.17, 15) is 4.79 Å². The van der Waals surface area contributed by atoms with E-state index >= 15 is 0 Å². The summed E-state index contributed by atoms with van der Waals surface area (Å²) >= 11 is 0. The van der Waals surface area contributed by atoms with Crippen LogP contribution in [0.25, 0.3) is 0 Å². The highest BCUT2D eigenvalue weighted by molar-refractivity contribution is 5.70. The minimum atomic E-state index is -0.788. The summed E-state index contributed by atoms with van der Waals surface area (Å²) in [5.41, 5.74) is 1.69. The van der Waals surface area contributed by atoms with E-state index in [-0.39, 0.29) is 0 Å². The number of aliphatic carboxylic acids is 1. The van der Waals surface area contributed by atoms with E-state index in [1.165, 1.54) is 0 Å². The standard InChI is InChI=1S/C11H13NO2/c1-8(11(13)14)7-9-5-3-4-6-10(9)12-2/h3-6,8H,2,7H2,1H3,(H,13,14). The molecular formula is C11H13NO2. The topological polar surface area (TPSA) is 49.7 Å². The third-order valence-electron chi connectivity index (χ3n) is 2.11. The first-order valence-corrected chi connectivity index (χ1v) is 4.42. The average Bonchev–Trinajstić information content (AvgIpc) is 2.18. The van der Waals surface area contributed by atoms with Crippen molar-refractivity contribution < 1.29 is 9.90 Å². The molecule has 0 aromatic heterocycles. The zero-order valence-electron chi connectivity index (χ0n) is 8.10. The van der Waals surface area contributed by atoms with E-state index in [0.717, 1.165) is 11.3 Å². The summed E-state index contributed by atoms with van der Waals surface area (Å²) in [5, 5.41) is 8.76. The summed E-state index contributed by atoms with van der Waals surface area (Å²) in [6.07, 6.45) is 0.491. The van der Waals surface area contributed by atoms with Gasteiger partial charge in [0.2, 0.25) is 0 Å². The molecule has 0 bridgehead atoms. The van der Waals surface area contributed by atoms with E-state index in [0.29, 0.717) is 6.42 Å². The van der Waals surface area contributed by atoms with Crippen molar-refractivity contribution in [3.8, 4) is 0 Å². The maximum Gasteiger partial charge on any atom is 0.306 e. The molecule has 0 aliphatic heterocycles. The van der Waals surface area contributed by atoms with Crippen LogP contribution in [0.2, 0.25) is 0 Å². The molecule has 1 rings (SSSR count). The van der Waals surface area contributed by atoms with E-state index in [4.69, 9.17) is 5.11 Å². The predicted octanol–water partition coefficient (Wildman–Crippen LogP) is 2.28. The molecule has 0 spiro atoms. The average molecular weight is 191 g/mol. The third-order valence-corrected chi connectivity index (χ3v) is 2.11. The third kappa shape index (κ3) is 2.42. The minimum absolute atomic E-state index is 0.391. The van der Waals surface area contributed by atoms with Crippen LogP contribution in [0.3, 0.4) is 0 Å². The van der Waals surface area contributed by atoms with Crippen LogP contribution >= 0.6 is 0 Å². The summed E-state index contributed by atoms with van der Waals surface area (Å²) in [4.78, 5) is 14.5. The molecule has 1 aromatic carbocycles. The molecule has 0 saturated carbocycles. The summed E-state index contributed by atoms with van der Waals surface area (Å²) < 4.78 is 0. The van der Waals surface area contributed by atoms with Gasteiger partial charge in [-0.15, -0.1) is 0 Å². The Balaban J connectivity index is 2.85. The molecule has 0 radical (unpaired) electrons. The zero-order valence-corrected chi connectivity index (χ0v) is 8.10. The maximum atomic E-state index is 10.7. The van der Waals surface area contributed by atoms with Gasteiger partial charge in [-0.3, -0.25) is 9.79 Å². The second kappa shape index (κ2) is 4.56. The first kappa shape index (κ1) is 10.4. The van der Waals surface area contributed by atoms with Crippen molar-refractivity contribution >= 4 is 18.4 Å². The first-order chi connectivity index (χ1) is 6.65. The number of rotatable bonds is 4. The van der Waals surface area contributed by atoms with Gasteiger partial charge in [0.25, 0.3) is 0 Å². The van der Waals surface area contributed by atoms with Gasteiger partial charge in [-0.2, -0.15) is 0 Å². The maximum absolute atomic E-state index is 10.7. The van der Waals surface area contributed by atoms with Crippen molar-refractivity contribution in [2.24, 2.45) is 10.9 Å². The molecule has 1 N–H and O–H groups in total. The quantitative estimate of drug-likeness (QED) is 0.742. The molecule has 0 saturated heterocycles. The Bertz CT molecular complexity index is 347. The number of aliphatic imine (C=N–C) groups is 1. The lowest BCUT2D eigenvalue weighted by molar-refractivity contribution is -0.141. The van der Waals surface area contributed by atoms with Crippen molar-refractivity contribution in [3.63, 3.8) is 0 Å². The van der Waals surface area contributed by atoms with Gasteiger partial charge in [-0.1, -0.05) is 25.1 Å². The number of carbonyl (C=O) groups is 1. The lowest BCUT2D eigenvalue weighted by Crippen LogP contribution is -2.12. The molecule has 1 atom stereocenters. The molecule has 1 unspecified atom stereocenters. The molecular weight excluding hydrogens is 178 g/mol. The molecule has 1 aromatic rings. The lowest BCUT2D eigenvalue weighted by Gasteiger charge is -2.08. The van der Waals surface area contributed by atoms with Gasteiger partial charge in [0.1, 0.15) is 0 Å². The van der Waals surface area contributed by atoms with Gasteiger partial charge in [0.15, 0.2) is 0 Å². The number of benzene rings is 1. The molecule has 74 valence electrons. The fourth-order valence-corrected chi connectivity index (χ4v) is 1.25. The normalized spacial score (nSPS) is 12.1.